The number of hydrogen-bond donors (Lipinski definition) is 3. The Labute approximate surface area is 463 Å². The van der Waals surface area contributed by atoms with Crippen LogP contribution in [0.2, 0.25) is 5.02 Å². The Morgan fingerprint density at radius 2 is 1.53 bits per heavy atom. The number of anilines is 1. The summed E-state index contributed by atoms with van der Waals surface area (Å²) in [4.78, 5) is 73.4. The first-order valence-electron chi connectivity index (χ1n) is 26.7. The lowest BCUT2D eigenvalue weighted by atomic mass is 9.85. The molecule has 78 heavy (non-hydrogen) atoms. The van der Waals surface area contributed by atoms with Crippen molar-refractivity contribution >= 4 is 74.1 Å². The molecule has 2 aromatic heterocycles. The SMILES string of the molecule is Cc1ncsc1-c1ccc([C@H](C)NC(=O)[C@@H]2CCCN2C(=O)[C@@H](NC(=O)COCCOCCOCCOCCCCC(=O)N2CCN(c3ncnc4c(F)c(-c5cc(O)cc6ccccc56)c(Cl)cc34)CC2)C(C)(C)C)cc1. The van der Waals surface area contributed by atoms with Gasteiger partial charge in [-0.1, -0.05) is 80.9 Å². The van der Waals surface area contributed by atoms with Gasteiger partial charge in [-0.25, -0.2) is 19.3 Å². The third kappa shape index (κ3) is 14.5. The van der Waals surface area contributed by atoms with Gasteiger partial charge < -0.3 is 49.4 Å². The number of ether oxygens (including phenoxy) is 4. The number of fused-ring (bicyclic) bond motifs is 2. The molecule has 2 aliphatic heterocycles. The molecule has 0 bridgehead atoms. The third-order valence-electron chi connectivity index (χ3n) is 14.2. The molecule has 17 nitrogen and oxygen atoms in total. The quantitative estimate of drug-likeness (QED) is 0.0488. The first-order valence-corrected chi connectivity index (χ1v) is 27.9. The van der Waals surface area contributed by atoms with Crippen molar-refractivity contribution < 1.29 is 47.6 Å². The zero-order chi connectivity index (χ0) is 55.3. The number of likely N-dealkylation sites (tertiary alicyclic amines) is 1. The summed E-state index contributed by atoms with van der Waals surface area (Å²) in [6.45, 7) is 14.1. The number of phenolic OH excluding ortho intramolecular Hbond substituents is 1. The highest BCUT2D eigenvalue weighted by molar-refractivity contribution is 7.13. The van der Waals surface area contributed by atoms with Gasteiger partial charge in [0.15, 0.2) is 5.82 Å². The fraction of sp³-hybridized carbons (Fsp3) is 0.466. The van der Waals surface area contributed by atoms with Gasteiger partial charge >= 0.3 is 0 Å². The molecule has 4 heterocycles. The second-order valence-corrected chi connectivity index (χ2v) is 22.0. The van der Waals surface area contributed by atoms with Gasteiger partial charge in [0.25, 0.3) is 0 Å². The molecule has 0 spiro atoms. The van der Waals surface area contributed by atoms with Crippen LogP contribution in [-0.2, 0) is 38.1 Å². The number of rotatable bonds is 24. The van der Waals surface area contributed by atoms with Gasteiger partial charge in [-0.3, -0.25) is 19.2 Å². The van der Waals surface area contributed by atoms with Gasteiger partial charge in [-0.2, -0.15) is 0 Å². The van der Waals surface area contributed by atoms with E-state index in [4.69, 9.17) is 30.5 Å². The Balaban J connectivity index is 0.653. The molecule has 2 fully saturated rings. The molecule has 20 heteroatoms. The molecule has 0 saturated carbocycles. The van der Waals surface area contributed by atoms with Crippen LogP contribution >= 0.6 is 22.9 Å². The van der Waals surface area contributed by atoms with Gasteiger partial charge in [0, 0.05) is 56.7 Å². The van der Waals surface area contributed by atoms with Crippen LogP contribution in [0.1, 0.15) is 77.1 Å². The highest BCUT2D eigenvalue weighted by Gasteiger charge is 2.42. The lowest BCUT2D eigenvalue weighted by Crippen LogP contribution is -2.58. The maximum absolute atomic E-state index is 16.3. The van der Waals surface area contributed by atoms with Crippen LogP contribution in [0.25, 0.3) is 43.2 Å². The van der Waals surface area contributed by atoms with E-state index in [-0.39, 0.29) is 65.4 Å². The molecular weight excluding hydrogens is 1040 g/mol. The van der Waals surface area contributed by atoms with Crippen LogP contribution in [0.3, 0.4) is 0 Å². The van der Waals surface area contributed by atoms with Crippen molar-refractivity contribution in [1.29, 1.82) is 0 Å². The van der Waals surface area contributed by atoms with E-state index >= 15 is 4.39 Å². The number of benzene rings is 4. The average Bonchev–Trinajstić information content (AvgIpc) is 4.23. The summed E-state index contributed by atoms with van der Waals surface area (Å²) in [5.41, 5.74) is 4.96. The van der Waals surface area contributed by atoms with Crippen LogP contribution in [0.5, 0.6) is 5.75 Å². The summed E-state index contributed by atoms with van der Waals surface area (Å²) in [5, 5.41) is 18.5. The van der Waals surface area contributed by atoms with E-state index in [0.29, 0.717) is 108 Å². The van der Waals surface area contributed by atoms with Gasteiger partial charge in [0.1, 0.15) is 42.1 Å². The van der Waals surface area contributed by atoms with E-state index in [2.05, 4.69) is 25.6 Å². The Hall–Kier alpha value is -6.35. The van der Waals surface area contributed by atoms with Crippen molar-refractivity contribution in [3.8, 4) is 27.3 Å². The number of carbonyl (C=O) groups is 4. The number of halogens is 2. The van der Waals surface area contributed by atoms with Crippen LogP contribution in [-0.4, -0.2) is 151 Å². The first-order chi connectivity index (χ1) is 37.6. The molecule has 2 aliphatic rings. The molecule has 0 unspecified atom stereocenters. The Morgan fingerprint density at radius 1 is 0.833 bits per heavy atom. The molecule has 3 atom stereocenters. The topological polar surface area (TPSA) is 198 Å². The van der Waals surface area contributed by atoms with Crippen LogP contribution in [0.15, 0.2) is 78.6 Å². The molecule has 4 aromatic carbocycles. The molecule has 2 saturated heterocycles. The molecule has 0 aliphatic carbocycles. The zero-order valence-corrected chi connectivity index (χ0v) is 46.6. The van der Waals surface area contributed by atoms with E-state index in [9.17, 15) is 24.3 Å². The number of nitrogens with zero attached hydrogens (tertiary/aromatic N) is 6. The maximum atomic E-state index is 16.3. The second-order valence-electron chi connectivity index (χ2n) is 20.7. The Kier molecular flexibility index (Phi) is 20.0. The summed E-state index contributed by atoms with van der Waals surface area (Å²) < 4.78 is 38.8. The Bertz CT molecular complexity index is 3040. The lowest BCUT2D eigenvalue weighted by Gasteiger charge is -2.36. The molecule has 4 amide bonds. The van der Waals surface area contributed by atoms with Crippen molar-refractivity contribution in [2.75, 3.05) is 90.5 Å². The summed E-state index contributed by atoms with van der Waals surface area (Å²) in [6, 6.07) is 18.5. The first kappa shape index (κ1) is 57.8. The van der Waals surface area contributed by atoms with Gasteiger partial charge in [-0.05, 0) is 90.6 Å². The maximum Gasteiger partial charge on any atom is 0.246 e. The van der Waals surface area contributed by atoms with E-state index in [1.807, 2.05) is 98.5 Å². The van der Waals surface area contributed by atoms with Crippen molar-refractivity contribution in [3.63, 3.8) is 0 Å². The third-order valence-corrected chi connectivity index (χ3v) is 15.4. The number of piperazine rings is 1. The van der Waals surface area contributed by atoms with E-state index in [0.717, 1.165) is 38.9 Å². The smallest absolute Gasteiger partial charge is 0.246 e. The predicted molar refractivity (Wildman–Crippen MR) is 300 cm³/mol. The Morgan fingerprint density at radius 3 is 2.22 bits per heavy atom. The monoisotopic (exact) mass is 1110 g/mol. The van der Waals surface area contributed by atoms with Gasteiger partial charge in [-0.15, -0.1) is 11.3 Å². The number of hydrogen-bond acceptors (Lipinski definition) is 14. The van der Waals surface area contributed by atoms with E-state index in [1.165, 1.54) is 12.4 Å². The summed E-state index contributed by atoms with van der Waals surface area (Å²) in [5.74, 6) is -0.930. The number of phenols is 1. The standard InChI is InChI=1S/C58H70ClFN8O9S/c1-37(39-15-17-40(18-16-39)53-38(2)63-36-78-53)64-56(72)47-13-10-19-68(47)57(73)54(58(3,4)5)65-48(70)34-77-30-29-76-28-27-75-26-25-74-24-9-8-14-49(71)66-20-22-67(23-21-66)55-45-33-46(59)50(51(60)52(45)61-35-62-55)44-32-42(69)31-41-11-6-7-12-43(41)44/h6-7,11-12,15-18,31-33,35-37,47,54,69H,8-10,13-14,19-30,34H2,1-5H3,(H,64,72)(H,65,70)/t37-,47-,54+/m0/s1. The number of thiazole rings is 1. The van der Waals surface area contributed by atoms with Gasteiger partial charge in [0.05, 0.1) is 66.8 Å². The number of aromatic hydroxyl groups is 1. The van der Waals surface area contributed by atoms with Crippen LogP contribution in [0, 0.1) is 18.2 Å². The summed E-state index contributed by atoms with van der Waals surface area (Å²) in [6.07, 6.45) is 4.37. The summed E-state index contributed by atoms with van der Waals surface area (Å²) >= 11 is 8.37. The largest absolute Gasteiger partial charge is 0.508 e. The summed E-state index contributed by atoms with van der Waals surface area (Å²) in [7, 11) is 0. The average molecular weight is 1110 g/mol. The number of amides is 4. The molecule has 416 valence electrons. The predicted octanol–water partition coefficient (Wildman–Crippen LogP) is 8.66. The minimum Gasteiger partial charge on any atom is -0.508 e. The van der Waals surface area contributed by atoms with Crippen molar-refractivity contribution in [1.82, 2.24) is 35.4 Å². The minimum atomic E-state index is -0.863. The lowest BCUT2D eigenvalue weighted by molar-refractivity contribution is -0.144. The number of carbonyl (C=O) groups excluding carboxylic acids is 4. The molecule has 6 aromatic rings. The molecule has 0 radical (unpaired) electrons. The number of nitrogens with one attached hydrogen (secondary N) is 2. The van der Waals surface area contributed by atoms with Crippen LogP contribution in [0.4, 0.5) is 10.2 Å². The highest BCUT2D eigenvalue weighted by atomic mass is 35.5. The second kappa shape index (κ2) is 27.0. The number of aromatic nitrogens is 3. The fourth-order valence-corrected chi connectivity index (χ4v) is 11.1. The van der Waals surface area contributed by atoms with Crippen molar-refractivity contribution in [2.45, 2.75) is 84.8 Å². The van der Waals surface area contributed by atoms with Gasteiger partial charge in [0.2, 0.25) is 23.6 Å². The zero-order valence-electron chi connectivity index (χ0n) is 45.0. The van der Waals surface area contributed by atoms with E-state index in [1.54, 1.807) is 28.4 Å². The van der Waals surface area contributed by atoms with Crippen LogP contribution < -0.4 is 15.5 Å². The van der Waals surface area contributed by atoms with Crippen molar-refractivity contribution in [2.24, 2.45) is 5.41 Å². The number of aryl methyl sites for hydroxylation is 1. The molecule has 8 rings (SSSR count). The minimum absolute atomic E-state index is 0.00172. The fourth-order valence-electron chi connectivity index (χ4n) is 9.96. The molecule has 3 N–H and O–H groups in total. The van der Waals surface area contributed by atoms with E-state index < -0.39 is 29.2 Å². The normalized spacial score (nSPS) is 15.7. The highest BCUT2D eigenvalue weighted by Crippen LogP contribution is 2.42. The molecular formula is C58H70ClFN8O9S. The number of unbranched alkanes of at least 4 members (excludes halogenated alkanes) is 1. The van der Waals surface area contributed by atoms with Crippen molar-refractivity contribution in [3.05, 3.63) is 101 Å².